The second-order valence-electron chi connectivity index (χ2n) is 3.13. The summed E-state index contributed by atoms with van der Waals surface area (Å²) in [6.45, 7) is 3.14. The lowest BCUT2D eigenvalue weighted by Crippen LogP contribution is -2.33. The molecule has 0 spiro atoms. The van der Waals surface area contributed by atoms with Gasteiger partial charge in [0.05, 0.1) is 6.54 Å². The maximum atomic E-state index is 3.80. The van der Waals surface area contributed by atoms with Crippen molar-refractivity contribution in [1.82, 2.24) is 10.4 Å². The summed E-state index contributed by atoms with van der Waals surface area (Å²) >= 11 is 0. The first-order valence-corrected chi connectivity index (χ1v) is 4.35. The topological polar surface area (TPSA) is 54.4 Å². The lowest BCUT2D eigenvalue weighted by atomic mass is 10.1. The van der Waals surface area contributed by atoms with E-state index in [1.165, 1.54) is 19.3 Å². The predicted octanol–water partition coefficient (Wildman–Crippen LogP) is 0.771. The Bertz CT molecular complexity index is 204. The van der Waals surface area contributed by atoms with Crippen LogP contribution in [0, 0.1) is 0 Å². The van der Waals surface area contributed by atoms with Gasteiger partial charge in [-0.3, -0.25) is 4.90 Å². The second kappa shape index (κ2) is 3.62. The Morgan fingerprint density at radius 1 is 1.17 bits per heavy atom. The van der Waals surface area contributed by atoms with Crippen molar-refractivity contribution >= 4 is 5.84 Å². The van der Waals surface area contributed by atoms with Crippen molar-refractivity contribution in [2.24, 2.45) is 15.4 Å². The van der Waals surface area contributed by atoms with E-state index in [4.69, 9.17) is 0 Å². The highest BCUT2D eigenvalue weighted by atomic mass is 15.6. The van der Waals surface area contributed by atoms with Crippen molar-refractivity contribution in [2.45, 2.75) is 19.3 Å². The van der Waals surface area contributed by atoms with E-state index in [0.717, 1.165) is 25.5 Å². The zero-order valence-electron chi connectivity index (χ0n) is 6.98. The van der Waals surface area contributed by atoms with Crippen molar-refractivity contribution < 1.29 is 0 Å². The summed E-state index contributed by atoms with van der Waals surface area (Å²) < 4.78 is 0. The first-order chi connectivity index (χ1) is 5.95. The van der Waals surface area contributed by atoms with E-state index in [0.29, 0.717) is 0 Å². The van der Waals surface area contributed by atoms with E-state index in [1.807, 2.05) is 0 Å². The molecule has 0 aliphatic carbocycles. The van der Waals surface area contributed by atoms with Gasteiger partial charge in [-0.2, -0.15) is 0 Å². The maximum absolute atomic E-state index is 3.80. The average Bonchev–Trinajstić information content (AvgIpc) is 2.59. The van der Waals surface area contributed by atoms with Gasteiger partial charge in [0.25, 0.3) is 0 Å². The molecule has 1 fully saturated rings. The minimum absolute atomic E-state index is 0.747. The van der Waals surface area contributed by atoms with Gasteiger partial charge in [0.15, 0.2) is 5.84 Å². The van der Waals surface area contributed by atoms with Gasteiger partial charge < -0.3 is 0 Å². The highest BCUT2D eigenvalue weighted by Gasteiger charge is 2.14. The fraction of sp³-hybridized carbons (Fsp3) is 0.857. The van der Waals surface area contributed by atoms with Crippen LogP contribution in [0.4, 0.5) is 0 Å². The average molecular weight is 166 g/mol. The molecule has 0 aromatic rings. The van der Waals surface area contributed by atoms with Crippen LogP contribution in [-0.4, -0.2) is 30.4 Å². The van der Waals surface area contributed by atoms with Crippen LogP contribution < -0.4 is 5.53 Å². The van der Waals surface area contributed by atoms with Crippen LogP contribution in [0.1, 0.15) is 19.3 Å². The van der Waals surface area contributed by atoms with Crippen molar-refractivity contribution in [3.63, 3.8) is 0 Å². The largest absolute Gasteiger partial charge is 0.296 e. The van der Waals surface area contributed by atoms with Crippen LogP contribution >= 0.6 is 0 Å². The summed E-state index contributed by atoms with van der Waals surface area (Å²) in [6.07, 6.45) is 3.94. The van der Waals surface area contributed by atoms with E-state index in [1.54, 1.807) is 0 Å². The summed E-state index contributed by atoms with van der Waals surface area (Å²) in [7, 11) is 0. The minimum Gasteiger partial charge on any atom is -0.296 e. The standard InChI is InChI=1S/C7H12N5/c1-2-4-12(5-3-1)6-7-8-10-11-9-7/h1-6H2. The number of nitrogens with zero attached hydrogens (tertiary/aromatic N) is 5. The van der Waals surface area contributed by atoms with E-state index in [-0.39, 0.29) is 0 Å². The third kappa shape index (κ3) is 1.79. The molecule has 65 valence electrons. The zero-order valence-corrected chi connectivity index (χ0v) is 6.98. The van der Waals surface area contributed by atoms with Crippen LogP contribution in [-0.2, 0) is 0 Å². The van der Waals surface area contributed by atoms with Gasteiger partial charge in [-0.25, -0.2) is 0 Å². The Morgan fingerprint density at radius 2 is 2.00 bits per heavy atom. The van der Waals surface area contributed by atoms with Gasteiger partial charge in [0.2, 0.25) is 0 Å². The first kappa shape index (κ1) is 7.67. The first-order valence-electron chi connectivity index (χ1n) is 4.35. The summed E-state index contributed by atoms with van der Waals surface area (Å²) in [5.74, 6) is 0.747. The molecule has 0 bridgehead atoms. The normalized spacial score (nSPS) is 23.8. The molecular weight excluding hydrogens is 154 g/mol. The van der Waals surface area contributed by atoms with Crippen molar-refractivity contribution in [3.8, 4) is 0 Å². The number of rotatable bonds is 2. The molecule has 0 unspecified atom stereocenters. The molecule has 0 atom stereocenters. The minimum atomic E-state index is 0.747. The van der Waals surface area contributed by atoms with Crippen LogP contribution in [0.15, 0.2) is 15.4 Å². The predicted molar refractivity (Wildman–Crippen MR) is 44.7 cm³/mol. The Morgan fingerprint density at radius 3 is 2.67 bits per heavy atom. The van der Waals surface area contributed by atoms with Crippen molar-refractivity contribution in [2.75, 3.05) is 19.6 Å². The summed E-state index contributed by atoms with van der Waals surface area (Å²) in [5.41, 5.74) is 3.45. The SMILES string of the molecule is C1CCN(CC2=N[N]N=N2)CC1. The Balaban J connectivity index is 1.81. The highest BCUT2D eigenvalue weighted by Crippen LogP contribution is 2.08. The molecule has 5 heteroatoms. The molecule has 0 N–H and O–H groups in total. The molecule has 0 amide bonds. The van der Waals surface area contributed by atoms with Gasteiger partial charge in [-0.1, -0.05) is 6.42 Å². The summed E-state index contributed by atoms with van der Waals surface area (Å²) in [6, 6.07) is 0. The van der Waals surface area contributed by atoms with Gasteiger partial charge >= 0.3 is 0 Å². The lowest BCUT2D eigenvalue weighted by molar-refractivity contribution is 0.258. The van der Waals surface area contributed by atoms with Gasteiger partial charge in [-0.15, -0.1) is 10.2 Å². The van der Waals surface area contributed by atoms with E-state index in [2.05, 4.69) is 25.9 Å². The van der Waals surface area contributed by atoms with Crippen LogP contribution in [0.25, 0.3) is 0 Å². The van der Waals surface area contributed by atoms with Gasteiger partial charge in [0, 0.05) is 0 Å². The number of hydrogen-bond acceptors (Lipinski definition) is 4. The third-order valence-corrected chi connectivity index (χ3v) is 2.17. The number of amidine groups is 1. The van der Waals surface area contributed by atoms with E-state index >= 15 is 0 Å². The Kier molecular flexibility index (Phi) is 2.31. The number of piperidine rings is 1. The fourth-order valence-electron chi connectivity index (χ4n) is 1.54. The number of hydrogen-bond donors (Lipinski definition) is 0. The molecule has 2 aliphatic heterocycles. The molecule has 0 saturated carbocycles. The molecule has 2 heterocycles. The molecule has 2 rings (SSSR count). The van der Waals surface area contributed by atoms with E-state index in [9.17, 15) is 0 Å². The third-order valence-electron chi connectivity index (χ3n) is 2.17. The lowest BCUT2D eigenvalue weighted by Gasteiger charge is -2.24. The molecule has 1 saturated heterocycles. The van der Waals surface area contributed by atoms with Crippen molar-refractivity contribution in [3.05, 3.63) is 0 Å². The smallest absolute Gasteiger partial charge is 0.191 e. The number of likely N-dealkylation sites (tertiary alicyclic amines) is 1. The Hall–Kier alpha value is -0.970. The second-order valence-corrected chi connectivity index (χ2v) is 3.13. The summed E-state index contributed by atoms with van der Waals surface area (Å²) in [5, 5.41) is 11.0. The monoisotopic (exact) mass is 166 g/mol. The van der Waals surface area contributed by atoms with E-state index < -0.39 is 0 Å². The molecular formula is C7H12N5. The molecule has 0 aromatic heterocycles. The molecule has 12 heavy (non-hydrogen) atoms. The van der Waals surface area contributed by atoms with Crippen molar-refractivity contribution in [1.29, 1.82) is 0 Å². The molecule has 5 nitrogen and oxygen atoms in total. The maximum Gasteiger partial charge on any atom is 0.191 e. The van der Waals surface area contributed by atoms with Crippen LogP contribution in [0.5, 0.6) is 0 Å². The van der Waals surface area contributed by atoms with Gasteiger partial charge in [0.1, 0.15) is 0 Å². The molecule has 2 aliphatic rings. The molecule has 1 radical (unpaired) electrons. The fourth-order valence-corrected chi connectivity index (χ4v) is 1.54. The van der Waals surface area contributed by atoms with Crippen LogP contribution in [0.3, 0.4) is 0 Å². The molecule has 0 aromatic carbocycles. The Labute approximate surface area is 71.5 Å². The highest BCUT2D eigenvalue weighted by molar-refractivity contribution is 5.84. The van der Waals surface area contributed by atoms with Gasteiger partial charge in [-0.05, 0) is 36.7 Å². The summed E-state index contributed by atoms with van der Waals surface area (Å²) in [4.78, 5) is 2.35. The quantitative estimate of drug-likeness (QED) is 0.597. The van der Waals surface area contributed by atoms with Crippen LogP contribution in [0.2, 0.25) is 0 Å². The zero-order chi connectivity index (χ0) is 8.23.